The number of hydrogen-bond donors (Lipinski definition) is 0. The molecule has 0 unspecified atom stereocenters. The summed E-state index contributed by atoms with van der Waals surface area (Å²) < 4.78 is 1.56. The summed E-state index contributed by atoms with van der Waals surface area (Å²) in [4.78, 5) is 22.5. The van der Waals surface area contributed by atoms with Gasteiger partial charge >= 0.3 is 0 Å². The van der Waals surface area contributed by atoms with E-state index in [-0.39, 0.29) is 18.1 Å². The molecule has 2 aromatic rings. The molecule has 0 saturated heterocycles. The first-order valence-corrected chi connectivity index (χ1v) is 6.10. The molecule has 0 bridgehead atoms. The third kappa shape index (κ3) is 5.94. The highest BCUT2D eigenvalue weighted by atomic mass is 16.1. The largest absolute Gasteiger partial charge is 0.298 e. The van der Waals surface area contributed by atoms with Crippen LogP contribution in [0.3, 0.4) is 0 Å². The van der Waals surface area contributed by atoms with Crippen LogP contribution in [0.15, 0.2) is 12.5 Å². The third-order valence-electron chi connectivity index (χ3n) is 2.14. The van der Waals surface area contributed by atoms with Gasteiger partial charge in [0.25, 0.3) is 0 Å². The van der Waals surface area contributed by atoms with Crippen LogP contribution in [0.4, 0.5) is 0 Å². The molecule has 0 fully saturated rings. The summed E-state index contributed by atoms with van der Waals surface area (Å²) in [5.74, 6) is 0.197. The lowest BCUT2D eigenvalue weighted by molar-refractivity contribution is -0.119. The lowest BCUT2D eigenvalue weighted by Crippen LogP contribution is -2.09. The Morgan fingerprint density at radius 3 is 2.45 bits per heavy atom. The Hall–Kier alpha value is -2.45. The van der Waals surface area contributed by atoms with Crippen molar-refractivity contribution in [2.75, 3.05) is 0 Å². The molecule has 108 valence electrons. The Balaban J connectivity index is 0.000000204. The van der Waals surface area contributed by atoms with E-state index in [9.17, 15) is 9.59 Å². The van der Waals surface area contributed by atoms with Crippen molar-refractivity contribution in [1.82, 2.24) is 35.2 Å². The van der Waals surface area contributed by atoms with Crippen LogP contribution >= 0.6 is 0 Å². The average molecular weight is 279 g/mol. The van der Waals surface area contributed by atoms with E-state index in [0.717, 1.165) is 5.69 Å². The Labute approximate surface area is 116 Å². The SMILES string of the molecule is CC(=O)Cn1ncnn1.CCC(=O)Cn1cc(C)nn1. The Morgan fingerprint density at radius 2 is 2.00 bits per heavy atom. The van der Waals surface area contributed by atoms with Gasteiger partial charge in [0.1, 0.15) is 13.1 Å². The van der Waals surface area contributed by atoms with Gasteiger partial charge in [0.15, 0.2) is 17.9 Å². The molecule has 9 heteroatoms. The molecular weight excluding hydrogens is 262 g/mol. The summed E-state index contributed by atoms with van der Waals surface area (Å²) in [7, 11) is 0. The topological polar surface area (TPSA) is 108 Å². The maximum Gasteiger partial charge on any atom is 0.162 e. The van der Waals surface area contributed by atoms with E-state index in [4.69, 9.17) is 0 Å². The molecule has 0 atom stereocenters. The number of ketones is 2. The quantitative estimate of drug-likeness (QED) is 0.747. The first-order chi connectivity index (χ1) is 9.51. The van der Waals surface area contributed by atoms with Crippen molar-refractivity contribution in [2.45, 2.75) is 40.3 Å². The number of aryl methyl sites for hydroxylation is 1. The van der Waals surface area contributed by atoms with Crippen molar-refractivity contribution >= 4 is 11.6 Å². The highest BCUT2D eigenvalue weighted by molar-refractivity contribution is 5.77. The van der Waals surface area contributed by atoms with Gasteiger partial charge in [-0.25, -0.2) is 4.68 Å². The standard InChI is InChI=1S/C7H11N3O.C4H6N4O/c1-3-7(11)5-10-4-6(2)8-9-10;1-4(9)2-8-6-3-5-7-8/h4H,3,5H2,1-2H3;3H,2H2,1H3. The number of rotatable bonds is 5. The molecule has 0 aliphatic rings. The Morgan fingerprint density at radius 1 is 1.25 bits per heavy atom. The molecule has 0 aromatic carbocycles. The molecule has 0 aliphatic heterocycles. The van der Waals surface area contributed by atoms with Crippen LogP contribution < -0.4 is 0 Å². The highest BCUT2D eigenvalue weighted by Gasteiger charge is 2.00. The van der Waals surface area contributed by atoms with E-state index < -0.39 is 0 Å². The molecule has 0 aliphatic carbocycles. The summed E-state index contributed by atoms with van der Waals surface area (Å²) in [5, 5.41) is 18.1. The average Bonchev–Trinajstić information content (AvgIpc) is 3.01. The maximum atomic E-state index is 10.9. The molecule has 0 amide bonds. The minimum Gasteiger partial charge on any atom is -0.298 e. The van der Waals surface area contributed by atoms with Crippen LogP contribution in [0.5, 0.6) is 0 Å². The molecular formula is C11H17N7O2. The summed E-state index contributed by atoms with van der Waals surface area (Å²) in [5.41, 5.74) is 0.842. The van der Waals surface area contributed by atoms with Gasteiger partial charge in [0, 0.05) is 12.6 Å². The molecule has 0 radical (unpaired) electrons. The number of carbonyl (C=O) groups is 2. The summed E-state index contributed by atoms with van der Waals surface area (Å²) in [6.45, 7) is 5.72. The molecule has 0 saturated carbocycles. The summed E-state index contributed by atoms with van der Waals surface area (Å²) in [6.07, 6.45) is 3.61. The van der Waals surface area contributed by atoms with Gasteiger partial charge in [-0.1, -0.05) is 12.1 Å². The predicted octanol–water partition coefficient (Wildman–Crippen LogP) is -0.172. The lowest BCUT2D eigenvalue weighted by Gasteiger charge is -1.94. The second kappa shape index (κ2) is 7.87. The van der Waals surface area contributed by atoms with E-state index in [2.05, 4.69) is 25.7 Å². The van der Waals surface area contributed by atoms with Crippen molar-refractivity contribution in [3.05, 3.63) is 18.2 Å². The fourth-order valence-corrected chi connectivity index (χ4v) is 1.23. The number of hydrogen-bond acceptors (Lipinski definition) is 7. The van der Waals surface area contributed by atoms with E-state index in [0.29, 0.717) is 13.0 Å². The van der Waals surface area contributed by atoms with E-state index in [1.165, 1.54) is 18.0 Å². The van der Waals surface area contributed by atoms with Gasteiger partial charge in [-0.05, 0) is 19.1 Å². The van der Waals surface area contributed by atoms with Gasteiger partial charge in [-0.2, -0.15) is 4.80 Å². The van der Waals surface area contributed by atoms with Crippen molar-refractivity contribution in [3.63, 3.8) is 0 Å². The molecule has 0 N–H and O–H groups in total. The zero-order valence-corrected chi connectivity index (χ0v) is 11.7. The van der Waals surface area contributed by atoms with Crippen LogP contribution in [0.25, 0.3) is 0 Å². The highest BCUT2D eigenvalue weighted by Crippen LogP contribution is 1.91. The Bertz CT molecular complexity index is 547. The fourth-order valence-electron chi connectivity index (χ4n) is 1.23. The first kappa shape index (κ1) is 15.6. The number of aromatic nitrogens is 7. The molecule has 2 rings (SSSR count). The lowest BCUT2D eigenvalue weighted by atomic mass is 10.3. The molecule has 20 heavy (non-hydrogen) atoms. The van der Waals surface area contributed by atoms with Crippen LogP contribution in [0.1, 0.15) is 26.0 Å². The number of nitrogens with zero attached hydrogens (tertiary/aromatic N) is 7. The summed E-state index contributed by atoms with van der Waals surface area (Å²) >= 11 is 0. The second-order valence-electron chi connectivity index (χ2n) is 4.12. The van der Waals surface area contributed by atoms with Crippen LogP contribution in [0, 0.1) is 6.92 Å². The molecule has 0 spiro atoms. The van der Waals surface area contributed by atoms with Crippen molar-refractivity contribution in [1.29, 1.82) is 0 Å². The van der Waals surface area contributed by atoms with Crippen molar-refractivity contribution in [3.8, 4) is 0 Å². The monoisotopic (exact) mass is 279 g/mol. The van der Waals surface area contributed by atoms with Gasteiger partial charge in [-0.15, -0.1) is 15.3 Å². The van der Waals surface area contributed by atoms with Gasteiger partial charge < -0.3 is 0 Å². The van der Waals surface area contributed by atoms with Crippen molar-refractivity contribution < 1.29 is 9.59 Å². The van der Waals surface area contributed by atoms with Crippen LogP contribution in [0.2, 0.25) is 0 Å². The van der Waals surface area contributed by atoms with Gasteiger partial charge in [0.05, 0.1) is 5.69 Å². The Kier molecular flexibility index (Phi) is 6.14. The fraction of sp³-hybridized carbons (Fsp3) is 0.545. The van der Waals surface area contributed by atoms with Gasteiger partial charge in [0.2, 0.25) is 0 Å². The molecule has 2 aromatic heterocycles. The molecule has 9 nitrogen and oxygen atoms in total. The van der Waals surface area contributed by atoms with Gasteiger partial charge in [-0.3, -0.25) is 9.59 Å². The zero-order valence-electron chi connectivity index (χ0n) is 11.7. The molecule has 2 heterocycles. The first-order valence-electron chi connectivity index (χ1n) is 6.10. The van der Waals surface area contributed by atoms with E-state index >= 15 is 0 Å². The van der Waals surface area contributed by atoms with E-state index in [1.54, 1.807) is 10.9 Å². The third-order valence-corrected chi connectivity index (χ3v) is 2.14. The normalized spacial score (nSPS) is 9.75. The predicted molar refractivity (Wildman–Crippen MR) is 68.6 cm³/mol. The maximum absolute atomic E-state index is 10.9. The second-order valence-corrected chi connectivity index (χ2v) is 4.12. The van der Waals surface area contributed by atoms with Crippen LogP contribution in [-0.4, -0.2) is 46.8 Å². The summed E-state index contributed by atoms with van der Waals surface area (Å²) in [6, 6.07) is 0. The number of Topliss-reactive ketones (excluding diaryl/α,β-unsaturated/α-hetero) is 2. The minimum atomic E-state index is 0.0213. The smallest absolute Gasteiger partial charge is 0.162 e. The van der Waals surface area contributed by atoms with Crippen LogP contribution in [-0.2, 0) is 22.7 Å². The number of carbonyl (C=O) groups excluding carboxylic acids is 2. The number of tetrazole rings is 1. The zero-order chi connectivity index (χ0) is 15.0. The minimum absolute atomic E-state index is 0.0213. The van der Waals surface area contributed by atoms with E-state index in [1.807, 2.05) is 13.8 Å². The van der Waals surface area contributed by atoms with Crippen molar-refractivity contribution in [2.24, 2.45) is 0 Å².